The first-order valence-electron chi connectivity index (χ1n) is 10.2. The Morgan fingerprint density at radius 2 is 1.69 bits per heavy atom. The van der Waals surface area contributed by atoms with E-state index in [1.165, 1.54) is 13.3 Å². The second-order valence-electron chi connectivity index (χ2n) is 8.37. The number of aromatic nitrogens is 1. The van der Waals surface area contributed by atoms with E-state index in [1.807, 2.05) is 24.3 Å². The van der Waals surface area contributed by atoms with Crippen molar-refractivity contribution in [2.75, 3.05) is 7.11 Å². The van der Waals surface area contributed by atoms with Gasteiger partial charge in [0.05, 0.1) is 23.8 Å². The fourth-order valence-corrected chi connectivity index (χ4v) is 3.12. The zero-order valence-corrected chi connectivity index (χ0v) is 18.5. The smallest absolute Gasteiger partial charge is 0.338 e. The molecule has 166 valence electrons. The summed E-state index contributed by atoms with van der Waals surface area (Å²) in [4.78, 5) is 41.5. The standard InChI is InChI=1S/C25H26N2O5/c1-25(2,3)32-23(29)17-11-9-16(10-12-17)13-21(24(30)31-4)27-22(28)19-14-18-7-5-6-8-20(18)26-15-19/h5-12,14-15,21H,13H2,1-4H3,(H,27,28)/t21-/m1/s1. The molecule has 3 aromatic rings. The normalized spacial score (nSPS) is 12.1. The number of nitrogens with one attached hydrogen (secondary N) is 1. The second kappa shape index (κ2) is 9.60. The Hall–Kier alpha value is -3.74. The summed E-state index contributed by atoms with van der Waals surface area (Å²) in [5.74, 6) is -1.42. The molecule has 0 spiro atoms. The molecule has 1 amide bonds. The molecule has 1 atom stereocenters. The molecule has 0 radical (unpaired) electrons. The Bertz CT molecular complexity index is 1130. The van der Waals surface area contributed by atoms with Gasteiger partial charge in [-0.1, -0.05) is 30.3 Å². The van der Waals surface area contributed by atoms with Crippen LogP contribution >= 0.6 is 0 Å². The average Bonchev–Trinajstić information content (AvgIpc) is 2.77. The molecule has 3 rings (SSSR count). The SMILES string of the molecule is COC(=O)[C@@H](Cc1ccc(C(=O)OC(C)(C)C)cc1)NC(=O)c1cnc2ccccc2c1. The molecule has 0 saturated heterocycles. The van der Waals surface area contributed by atoms with E-state index >= 15 is 0 Å². The summed E-state index contributed by atoms with van der Waals surface area (Å²) < 4.78 is 10.2. The zero-order valence-electron chi connectivity index (χ0n) is 18.5. The monoisotopic (exact) mass is 434 g/mol. The van der Waals surface area contributed by atoms with Crippen LogP contribution in [-0.2, 0) is 20.7 Å². The van der Waals surface area contributed by atoms with Gasteiger partial charge >= 0.3 is 11.9 Å². The first-order chi connectivity index (χ1) is 15.2. The van der Waals surface area contributed by atoms with E-state index < -0.39 is 29.5 Å². The highest BCUT2D eigenvalue weighted by Gasteiger charge is 2.23. The fourth-order valence-electron chi connectivity index (χ4n) is 3.12. The lowest BCUT2D eigenvalue weighted by Crippen LogP contribution is -2.43. The molecule has 1 N–H and O–H groups in total. The van der Waals surface area contributed by atoms with Gasteiger partial charge in [-0.05, 0) is 50.6 Å². The molecule has 0 aliphatic carbocycles. The van der Waals surface area contributed by atoms with E-state index in [-0.39, 0.29) is 6.42 Å². The topological polar surface area (TPSA) is 94.6 Å². The molecule has 7 nitrogen and oxygen atoms in total. The van der Waals surface area contributed by atoms with Crippen molar-refractivity contribution in [2.24, 2.45) is 0 Å². The molecule has 7 heteroatoms. The van der Waals surface area contributed by atoms with Crippen LogP contribution in [0.25, 0.3) is 10.9 Å². The fraction of sp³-hybridized carbons (Fsp3) is 0.280. The zero-order chi connectivity index (χ0) is 23.3. The molecule has 0 unspecified atom stereocenters. The first-order valence-corrected chi connectivity index (χ1v) is 10.2. The Morgan fingerprint density at radius 3 is 2.34 bits per heavy atom. The van der Waals surface area contributed by atoms with Crippen molar-refractivity contribution in [3.8, 4) is 0 Å². The number of rotatable bonds is 6. The molecule has 0 bridgehead atoms. The van der Waals surface area contributed by atoms with Gasteiger partial charge in [-0.15, -0.1) is 0 Å². The van der Waals surface area contributed by atoms with Crippen LogP contribution in [0.3, 0.4) is 0 Å². The van der Waals surface area contributed by atoms with Gasteiger partial charge in [-0.2, -0.15) is 0 Å². The van der Waals surface area contributed by atoms with E-state index in [0.717, 1.165) is 16.5 Å². The number of esters is 2. The predicted molar refractivity (Wildman–Crippen MR) is 120 cm³/mol. The van der Waals surface area contributed by atoms with E-state index in [2.05, 4.69) is 10.3 Å². The summed E-state index contributed by atoms with van der Waals surface area (Å²) in [5.41, 5.74) is 1.69. The van der Waals surface area contributed by atoms with Crippen LogP contribution in [0.15, 0.2) is 60.8 Å². The number of carbonyl (C=O) groups is 3. The molecule has 0 saturated carbocycles. The number of methoxy groups -OCH3 is 1. The first kappa shape index (κ1) is 22.9. The highest BCUT2D eigenvalue weighted by atomic mass is 16.6. The van der Waals surface area contributed by atoms with Crippen molar-refractivity contribution < 1.29 is 23.9 Å². The van der Waals surface area contributed by atoms with Crippen molar-refractivity contribution in [1.29, 1.82) is 0 Å². The number of hydrogen-bond acceptors (Lipinski definition) is 6. The number of benzene rings is 2. The maximum absolute atomic E-state index is 12.8. The maximum atomic E-state index is 12.8. The average molecular weight is 434 g/mol. The summed E-state index contributed by atoms with van der Waals surface area (Å²) in [5, 5.41) is 3.55. The van der Waals surface area contributed by atoms with Gasteiger partial charge in [-0.25, -0.2) is 9.59 Å². The molecule has 0 fully saturated rings. The number of ether oxygens (including phenoxy) is 2. The summed E-state index contributed by atoms with van der Waals surface area (Å²) in [6.07, 6.45) is 1.68. The lowest BCUT2D eigenvalue weighted by Gasteiger charge is -2.20. The van der Waals surface area contributed by atoms with E-state index in [1.54, 1.807) is 51.1 Å². The summed E-state index contributed by atoms with van der Waals surface area (Å²) in [7, 11) is 1.27. The Labute approximate surface area is 186 Å². The molecular formula is C25H26N2O5. The van der Waals surface area contributed by atoms with Crippen LogP contribution in [0.2, 0.25) is 0 Å². The van der Waals surface area contributed by atoms with Crippen molar-refractivity contribution in [2.45, 2.75) is 38.8 Å². The number of para-hydroxylation sites is 1. The Balaban J connectivity index is 1.73. The quantitative estimate of drug-likeness (QED) is 0.595. The predicted octanol–water partition coefficient (Wildman–Crippen LogP) is 3.70. The van der Waals surface area contributed by atoms with Gasteiger partial charge in [0, 0.05) is 18.0 Å². The van der Waals surface area contributed by atoms with Crippen molar-refractivity contribution >= 4 is 28.7 Å². The largest absolute Gasteiger partial charge is 0.467 e. The number of pyridine rings is 1. The van der Waals surface area contributed by atoms with Crippen LogP contribution in [0.4, 0.5) is 0 Å². The second-order valence-corrected chi connectivity index (χ2v) is 8.37. The molecule has 1 aromatic heterocycles. The third-order valence-corrected chi connectivity index (χ3v) is 4.67. The number of fused-ring (bicyclic) bond motifs is 1. The minimum Gasteiger partial charge on any atom is -0.467 e. The number of carbonyl (C=O) groups excluding carboxylic acids is 3. The molecule has 0 aliphatic rings. The van der Waals surface area contributed by atoms with Crippen molar-refractivity contribution in [3.63, 3.8) is 0 Å². The van der Waals surface area contributed by atoms with E-state index in [4.69, 9.17) is 9.47 Å². The van der Waals surface area contributed by atoms with Crippen LogP contribution < -0.4 is 5.32 Å². The lowest BCUT2D eigenvalue weighted by molar-refractivity contribution is -0.142. The number of nitrogens with zero attached hydrogens (tertiary/aromatic N) is 1. The van der Waals surface area contributed by atoms with E-state index in [0.29, 0.717) is 11.1 Å². The summed E-state index contributed by atoms with van der Waals surface area (Å²) in [6.45, 7) is 5.40. The summed E-state index contributed by atoms with van der Waals surface area (Å²) >= 11 is 0. The molecule has 0 aliphatic heterocycles. The van der Waals surface area contributed by atoms with Gasteiger partial charge in [0.25, 0.3) is 5.91 Å². The Morgan fingerprint density at radius 1 is 1.00 bits per heavy atom. The van der Waals surface area contributed by atoms with Gasteiger partial charge in [-0.3, -0.25) is 9.78 Å². The van der Waals surface area contributed by atoms with Gasteiger partial charge in [0.1, 0.15) is 11.6 Å². The highest BCUT2D eigenvalue weighted by Crippen LogP contribution is 2.15. The number of hydrogen-bond donors (Lipinski definition) is 1. The van der Waals surface area contributed by atoms with Gasteiger partial charge in [0.2, 0.25) is 0 Å². The van der Waals surface area contributed by atoms with Crippen molar-refractivity contribution in [3.05, 3.63) is 77.5 Å². The Kier molecular flexibility index (Phi) is 6.88. The molecule has 2 aromatic carbocycles. The van der Waals surface area contributed by atoms with E-state index in [9.17, 15) is 14.4 Å². The van der Waals surface area contributed by atoms with Crippen LogP contribution in [0, 0.1) is 0 Å². The third kappa shape index (κ3) is 5.91. The van der Waals surface area contributed by atoms with Crippen molar-refractivity contribution in [1.82, 2.24) is 10.3 Å². The lowest BCUT2D eigenvalue weighted by atomic mass is 10.0. The number of amides is 1. The maximum Gasteiger partial charge on any atom is 0.338 e. The minimum atomic E-state index is -0.897. The van der Waals surface area contributed by atoms with Crippen LogP contribution in [0.5, 0.6) is 0 Å². The molecule has 32 heavy (non-hydrogen) atoms. The third-order valence-electron chi connectivity index (χ3n) is 4.67. The van der Waals surface area contributed by atoms with Crippen LogP contribution in [-0.4, -0.2) is 41.6 Å². The molecular weight excluding hydrogens is 408 g/mol. The van der Waals surface area contributed by atoms with Gasteiger partial charge < -0.3 is 14.8 Å². The molecule has 1 heterocycles. The summed E-state index contributed by atoms with van der Waals surface area (Å²) in [6, 6.07) is 15.0. The van der Waals surface area contributed by atoms with Crippen LogP contribution in [0.1, 0.15) is 47.1 Å². The minimum absolute atomic E-state index is 0.202. The highest BCUT2D eigenvalue weighted by molar-refractivity contribution is 5.99. The van der Waals surface area contributed by atoms with Gasteiger partial charge in [0.15, 0.2) is 0 Å².